The van der Waals surface area contributed by atoms with E-state index >= 15 is 0 Å². The van der Waals surface area contributed by atoms with Crippen LogP contribution in [-0.4, -0.2) is 74.0 Å². The molecule has 2 N–H and O–H groups in total. The summed E-state index contributed by atoms with van der Waals surface area (Å²) in [5.41, 5.74) is 7.28. The zero-order chi connectivity index (χ0) is 30.5. The zero-order valence-electron chi connectivity index (χ0n) is 24.0. The number of halogens is 3. The highest BCUT2D eigenvalue weighted by Gasteiger charge is 2.32. The van der Waals surface area contributed by atoms with Gasteiger partial charge in [-0.2, -0.15) is 9.50 Å². The minimum atomic E-state index is -1.18. The van der Waals surface area contributed by atoms with Crippen LogP contribution >= 0.6 is 11.3 Å². The van der Waals surface area contributed by atoms with Gasteiger partial charge in [-0.3, -0.25) is 14.3 Å². The topological polar surface area (TPSA) is 120 Å². The standard InChI is InChI=1S/C29H31F3N8O3S/c1-16-4-5-17(30)22(13-16)43-23-15-20(18(31)14-19(23)32)38-9-6-37(7-10-38)8-11-39-26-24(44-29(39)41)27-34-25(21-3-2-12-42-21)36-40(27)28(33)35-26/h2-3,12,14-17,22H,4-11,13H2,1H3,(H2,33,35)/t16?,17-,22-/m1/s1. The molecule has 1 aliphatic heterocycles. The second-order valence-electron chi connectivity index (χ2n) is 11.4. The quantitative estimate of drug-likeness (QED) is 0.281. The Morgan fingerprint density at radius 3 is 2.68 bits per heavy atom. The molecule has 15 heteroatoms. The van der Waals surface area contributed by atoms with Crippen LogP contribution in [0.4, 0.5) is 24.8 Å². The SMILES string of the molecule is CC1CC[C@@H](F)[C@H](Oc2cc(N3CCN(CCn4c(=O)sc5c4nc(N)n4nc(-c6ccco6)nc54)CC3)c(F)cc2F)C1. The van der Waals surface area contributed by atoms with Crippen LogP contribution in [0.2, 0.25) is 0 Å². The molecule has 5 heterocycles. The lowest BCUT2D eigenvalue weighted by atomic mass is 9.87. The minimum absolute atomic E-state index is 0.0997. The summed E-state index contributed by atoms with van der Waals surface area (Å²) >= 11 is 1.03. The first-order valence-electron chi connectivity index (χ1n) is 14.6. The van der Waals surface area contributed by atoms with Crippen LogP contribution in [0.3, 0.4) is 0 Å². The number of furan rings is 1. The average Bonchev–Trinajstić information content (AvgIpc) is 3.75. The first kappa shape index (κ1) is 28.6. The molecule has 4 aromatic heterocycles. The molecule has 0 spiro atoms. The van der Waals surface area contributed by atoms with Gasteiger partial charge >= 0.3 is 4.87 Å². The van der Waals surface area contributed by atoms with Crippen molar-refractivity contribution in [1.29, 1.82) is 0 Å². The Bertz CT molecular complexity index is 1870. The van der Waals surface area contributed by atoms with Crippen LogP contribution in [0.25, 0.3) is 27.6 Å². The Kier molecular flexibility index (Phi) is 7.44. The van der Waals surface area contributed by atoms with Crippen LogP contribution < -0.4 is 20.2 Å². The van der Waals surface area contributed by atoms with Crippen molar-refractivity contribution in [3.05, 3.63) is 51.8 Å². The Morgan fingerprint density at radius 2 is 1.91 bits per heavy atom. The fourth-order valence-electron chi connectivity index (χ4n) is 6.02. The van der Waals surface area contributed by atoms with Gasteiger partial charge in [0.2, 0.25) is 11.8 Å². The predicted octanol–water partition coefficient (Wildman–Crippen LogP) is 4.35. The summed E-state index contributed by atoms with van der Waals surface area (Å²) in [5.74, 6) is -0.452. The van der Waals surface area contributed by atoms with E-state index in [4.69, 9.17) is 14.9 Å². The van der Waals surface area contributed by atoms with Gasteiger partial charge in [0.1, 0.15) is 22.8 Å². The predicted molar refractivity (Wildman–Crippen MR) is 160 cm³/mol. The van der Waals surface area contributed by atoms with Crippen LogP contribution in [0, 0.1) is 17.6 Å². The highest BCUT2D eigenvalue weighted by Crippen LogP contribution is 2.34. The number of anilines is 2. The van der Waals surface area contributed by atoms with Crippen molar-refractivity contribution in [2.75, 3.05) is 43.4 Å². The molecule has 0 amide bonds. The molecule has 1 unspecified atom stereocenters. The number of hydrogen-bond acceptors (Lipinski definition) is 10. The molecule has 1 saturated heterocycles. The fraction of sp³-hybridized carbons (Fsp3) is 0.448. The number of thiazole rings is 1. The van der Waals surface area contributed by atoms with Crippen LogP contribution in [0.5, 0.6) is 5.75 Å². The number of rotatable bonds is 7. The fourth-order valence-corrected chi connectivity index (χ4v) is 6.95. The first-order valence-corrected chi connectivity index (χ1v) is 15.4. The second-order valence-corrected chi connectivity index (χ2v) is 12.4. The van der Waals surface area contributed by atoms with E-state index in [9.17, 15) is 18.0 Å². The Balaban J connectivity index is 1.03. The van der Waals surface area contributed by atoms with Gasteiger partial charge in [-0.25, -0.2) is 18.2 Å². The van der Waals surface area contributed by atoms with Crippen molar-refractivity contribution in [3.8, 4) is 17.3 Å². The zero-order valence-corrected chi connectivity index (χ0v) is 24.8. The molecule has 44 heavy (non-hydrogen) atoms. The van der Waals surface area contributed by atoms with Crippen LogP contribution in [-0.2, 0) is 6.54 Å². The molecule has 1 saturated carbocycles. The Hall–Kier alpha value is -4.11. The van der Waals surface area contributed by atoms with E-state index in [0.717, 1.165) is 23.8 Å². The van der Waals surface area contributed by atoms with Crippen molar-refractivity contribution in [2.45, 2.75) is 45.0 Å². The van der Waals surface area contributed by atoms with Gasteiger partial charge in [0.15, 0.2) is 28.6 Å². The molecule has 2 aliphatic rings. The lowest BCUT2D eigenvalue weighted by Gasteiger charge is -2.36. The maximum Gasteiger partial charge on any atom is 0.309 e. The van der Waals surface area contributed by atoms with Gasteiger partial charge in [-0.05, 0) is 37.3 Å². The Labute approximate surface area is 253 Å². The smallest absolute Gasteiger partial charge is 0.309 e. The lowest BCUT2D eigenvalue weighted by molar-refractivity contribution is 0.0419. The number of nitrogens with zero attached hydrogens (tertiary/aromatic N) is 7. The summed E-state index contributed by atoms with van der Waals surface area (Å²) in [7, 11) is 0. The molecule has 0 bridgehead atoms. The van der Waals surface area contributed by atoms with Crippen molar-refractivity contribution < 1.29 is 22.3 Å². The summed E-state index contributed by atoms with van der Waals surface area (Å²) in [6.45, 7) is 5.08. The molecule has 7 rings (SSSR count). The summed E-state index contributed by atoms with van der Waals surface area (Å²) in [4.78, 5) is 25.8. The molecule has 11 nitrogen and oxygen atoms in total. The van der Waals surface area contributed by atoms with Crippen molar-refractivity contribution in [1.82, 2.24) is 29.0 Å². The third-order valence-electron chi connectivity index (χ3n) is 8.46. The number of piperazine rings is 1. The largest absolute Gasteiger partial charge is 0.484 e. The molecule has 3 atom stereocenters. The van der Waals surface area contributed by atoms with Gasteiger partial charge in [0, 0.05) is 51.4 Å². The molecular weight excluding hydrogens is 597 g/mol. The summed E-state index contributed by atoms with van der Waals surface area (Å²) in [5, 5.41) is 4.38. The number of alkyl halides is 1. The number of fused-ring (bicyclic) bond motifs is 3. The Morgan fingerprint density at radius 1 is 1.09 bits per heavy atom. The van der Waals surface area contributed by atoms with E-state index < -0.39 is 23.9 Å². The normalized spacial score (nSPS) is 21.5. The second kappa shape index (κ2) is 11.4. The average molecular weight is 629 g/mol. The number of nitrogen functional groups attached to an aromatic ring is 1. The van der Waals surface area contributed by atoms with Gasteiger partial charge < -0.3 is 19.8 Å². The number of benzene rings is 1. The van der Waals surface area contributed by atoms with Gasteiger partial charge in [-0.1, -0.05) is 18.3 Å². The first-order chi connectivity index (χ1) is 21.2. The van der Waals surface area contributed by atoms with Gasteiger partial charge in [0.05, 0.1) is 12.0 Å². The number of nitrogens with two attached hydrogens (primary N) is 1. The number of aromatic nitrogens is 5. The summed E-state index contributed by atoms with van der Waals surface area (Å²) in [6.07, 6.45) is 1.23. The molecule has 1 aromatic carbocycles. The molecular formula is C29H31F3N8O3S. The number of hydrogen-bond donors (Lipinski definition) is 1. The van der Waals surface area contributed by atoms with E-state index in [-0.39, 0.29) is 28.2 Å². The van der Waals surface area contributed by atoms with E-state index in [2.05, 4.69) is 20.0 Å². The highest BCUT2D eigenvalue weighted by atomic mass is 32.1. The summed E-state index contributed by atoms with van der Waals surface area (Å²) < 4.78 is 58.7. The molecule has 2 fully saturated rings. The highest BCUT2D eigenvalue weighted by molar-refractivity contribution is 7.17. The third kappa shape index (κ3) is 5.27. The van der Waals surface area contributed by atoms with Crippen molar-refractivity contribution in [2.24, 2.45) is 5.92 Å². The monoisotopic (exact) mass is 628 g/mol. The maximum atomic E-state index is 14.9. The van der Waals surface area contributed by atoms with Crippen LogP contribution in [0.15, 0.2) is 39.7 Å². The van der Waals surface area contributed by atoms with Crippen LogP contribution in [0.1, 0.15) is 26.2 Å². The summed E-state index contributed by atoms with van der Waals surface area (Å²) in [6, 6.07) is 5.63. The molecule has 0 radical (unpaired) electrons. The van der Waals surface area contributed by atoms with E-state index in [1.165, 1.54) is 16.8 Å². The van der Waals surface area contributed by atoms with Gasteiger partial charge in [0.25, 0.3) is 0 Å². The minimum Gasteiger partial charge on any atom is -0.484 e. The van der Waals surface area contributed by atoms with E-state index in [0.29, 0.717) is 79.7 Å². The van der Waals surface area contributed by atoms with Gasteiger partial charge in [-0.15, -0.1) is 5.10 Å². The van der Waals surface area contributed by atoms with E-state index in [1.807, 2.05) is 11.8 Å². The lowest BCUT2D eigenvalue weighted by Crippen LogP contribution is -2.47. The van der Waals surface area contributed by atoms with Crippen molar-refractivity contribution in [3.63, 3.8) is 0 Å². The number of ether oxygens (including phenoxy) is 1. The molecule has 5 aromatic rings. The maximum absolute atomic E-state index is 14.9. The molecule has 232 valence electrons. The van der Waals surface area contributed by atoms with E-state index in [1.54, 1.807) is 16.7 Å². The van der Waals surface area contributed by atoms with Crippen molar-refractivity contribution >= 4 is 39.0 Å². The third-order valence-corrected chi connectivity index (χ3v) is 9.43. The molecule has 1 aliphatic carbocycles.